The van der Waals surface area contributed by atoms with Crippen LogP contribution in [0.2, 0.25) is 0 Å². The molecule has 1 aliphatic heterocycles. The lowest BCUT2D eigenvalue weighted by atomic mass is 9.99. The Morgan fingerprint density at radius 2 is 2.12 bits per heavy atom. The molecule has 140 valence electrons. The molecule has 1 aromatic heterocycles. The number of carbonyl (C=O) groups is 1. The molecule has 3 rings (SSSR count). The van der Waals surface area contributed by atoms with E-state index >= 15 is 0 Å². The van der Waals surface area contributed by atoms with Gasteiger partial charge in [-0.05, 0) is 38.9 Å². The number of aromatic nitrogens is 3. The van der Waals surface area contributed by atoms with Crippen LogP contribution in [-0.4, -0.2) is 40.0 Å². The molecule has 1 aromatic carbocycles. The predicted octanol–water partition coefficient (Wildman–Crippen LogP) is 1.92. The van der Waals surface area contributed by atoms with Crippen LogP contribution >= 0.6 is 12.2 Å². The van der Waals surface area contributed by atoms with E-state index in [0.29, 0.717) is 13.3 Å². The number of benzene rings is 1. The highest BCUT2D eigenvalue weighted by Gasteiger charge is 2.30. The number of hydrogen-bond acceptors (Lipinski definition) is 4. The Morgan fingerprint density at radius 3 is 2.81 bits per heavy atom. The molecular weight excluding hydrogens is 348 g/mol. The van der Waals surface area contributed by atoms with E-state index in [2.05, 4.69) is 23.6 Å². The van der Waals surface area contributed by atoms with Gasteiger partial charge in [-0.25, -0.2) is 0 Å². The number of nitrogens with one attached hydrogen (secondary N) is 1. The number of likely N-dealkylation sites (tertiary alicyclic amines) is 1. The number of nitrogens with zero attached hydrogens (tertiary/aromatic N) is 3. The van der Waals surface area contributed by atoms with E-state index in [9.17, 15) is 4.79 Å². The molecule has 0 bridgehead atoms. The van der Waals surface area contributed by atoms with Crippen molar-refractivity contribution in [2.45, 2.75) is 39.9 Å². The average Bonchev–Trinajstić information content (AvgIpc) is 2.98. The van der Waals surface area contributed by atoms with E-state index in [4.69, 9.17) is 22.1 Å². The van der Waals surface area contributed by atoms with Crippen LogP contribution < -0.4 is 4.90 Å². The molecule has 1 saturated heterocycles. The quantitative estimate of drug-likeness (QED) is 0.619. The summed E-state index contributed by atoms with van der Waals surface area (Å²) < 4.78 is 9.91. The molecule has 1 N–H and O–H groups in total. The first-order valence-electron chi connectivity index (χ1n) is 9.37. The van der Waals surface area contributed by atoms with Crippen LogP contribution in [0.1, 0.15) is 26.7 Å². The van der Waals surface area contributed by atoms with Crippen molar-refractivity contribution < 1.29 is 14.4 Å². The molecule has 0 saturated carbocycles. The number of quaternary nitrogens is 1. The molecule has 1 fully saturated rings. The van der Waals surface area contributed by atoms with Crippen LogP contribution in [0.25, 0.3) is 11.4 Å². The van der Waals surface area contributed by atoms with Gasteiger partial charge in [-0.15, -0.1) is 5.10 Å². The van der Waals surface area contributed by atoms with E-state index in [1.54, 1.807) is 0 Å². The Balaban J connectivity index is 1.79. The summed E-state index contributed by atoms with van der Waals surface area (Å²) in [5.41, 5.74) is 1.07. The van der Waals surface area contributed by atoms with Crippen molar-refractivity contribution in [3.8, 4) is 11.4 Å². The van der Waals surface area contributed by atoms with Crippen molar-refractivity contribution >= 4 is 18.2 Å². The first kappa shape index (κ1) is 18.8. The van der Waals surface area contributed by atoms with Crippen molar-refractivity contribution in [1.29, 1.82) is 0 Å². The van der Waals surface area contributed by atoms with Gasteiger partial charge in [-0.3, -0.25) is 4.79 Å². The van der Waals surface area contributed by atoms with Crippen LogP contribution in [0.15, 0.2) is 30.3 Å². The smallest absolute Gasteiger partial charge is 0.314 e. The topological polar surface area (TPSA) is 53.5 Å². The molecule has 7 heteroatoms. The van der Waals surface area contributed by atoms with Gasteiger partial charge in [-0.2, -0.15) is 4.68 Å². The largest absolute Gasteiger partial charge is 0.466 e. The van der Waals surface area contributed by atoms with Crippen molar-refractivity contribution in [2.75, 3.05) is 19.7 Å². The van der Waals surface area contributed by atoms with Crippen molar-refractivity contribution in [3.05, 3.63) is 35.1 Å². The Hall–Kier alpha value is -1.99. The highest BCUT2D eigenvalue weighted by molar-refractivity contribution is 7.71. The zero-order chi connectivity index (χ0) is 18.5. The molecule has 2 atom stereocenters. The summed E-state index contributed by atoms with van der Waals surface area (Å²) in [6.45, 7) is 7.64. The van der Waals surface area contributed by atoms with Crippen LogP contribution in [-0.2, 0) is 22.7 Å². The summed E-state index contributed by atoms with van der Waals surface area (Å²) in [5, 5.41) is 4.79. The molecule has 26 heavy (non-hydrogen) atoms. The second-order valence-electron chi connectivity index (χ2n) is 6.67. The second kappa shape index (κ2) is 8.60. The number of rotatable bonds is 6. The molecule has 2 aromatic rings. The van der Waals surface area contributed by atoms with Gasteiger partial charge < -0.3 is 14.2 Å². The first-order valence-corrected chi connectivity index (χ1v) is 9.78. The van der Waals surface area contributed by atoms with Crippen LogP contribution in [0.5, 0.6) is 0 Å². The van der Waals surface area contributed by atoms with Gasteiger partial charge in [0.25, 0.3) is 0 Å². The molecule has 0 radical (unpaired) electrons. The molecular formula is C19H27N4O2S+. The number of carbonyl (C=O) groups excluding carboxylic acids is 1. The van der Waals surface area contributed by atoms with Gasteiger partial charge in [0.05, 0.1) is 19.7 Å². The zero-order valence-corrected chi connectivity index (χ0v) is 16.3. The summed E-state index contributed by atoms with van der Waals surface area (Å²) in [5.74, 6) is 0.809. The fourth-order valence-electron chi connectivity index (χ4n) is 3.60. The van der Waals surface area contributed by atoms with Gasteiger partial charge in [0, 0.05) is 12.1 Å². The first-order chi connectivity index (χ1) is 12.6. The Morgan fingerprint density at radius 1 is 1.35 bits per heavy atom. The number of ether oxygens (including phenoxy) is 1. The molecule has 0 aliphatic carbocycles. The van der Waals surface area contributed by atoms with E-state index in [1.165, 1.54) is 4.90 Å². The fourth-order valence-corrected chi connectivity index (χ4v) is 3.92. The van der Waals surface area contributed by atoms with E-state index in [-0.39, 0.29) is 11.9 Å². The second-order valence-corrected chi connectivity index (χ2v) is 7.03. The normalized spacial score (nSPS) is 20.1. The van der Waals surface area contributed by atoms with Gasteiger partial charge >= 0.3 is 5.97 Å². The van der Waals surface area contributed by atoms with E-state index < -0.39 is 0 Å². The lowest BCUT2D eigenvalue weighted by Crippen LogP contribution is -3.13. The van der Waals surface area contributed by atoms with Crippen molar-refractivity contribution in [2.24, 2.45) is 5.92 Å². The maximum atomic E-state index is 12.1. The third-order valence-corrected chi connectivity index (χ3v) is 5.31. The summed E-state index contributed by atoms with van der Waals surface area (Å²) in [4.78, 5) is 13.4. The number of esters is 1. The SMILES string of the molecule is CCOC(=O)[C@@H]1CCC[NH+](Cn2nc(-c3ccccc3)n(CC)c2=S)C1. The standard InChI is InChI=1S/C19H26N4O2S/c1-3-22-17(15-9-6-5-7-10-15)20-23(19(22)26)14-21-12-8-11-16(13-21)18(24)25-4-2/h5-7,9-10,16H,3-4,8,11-14H2,1-2H3/p+1/t16-/m1/s1. The summed E-state index contributed by atoms with van der Waals surface area (Å²) in [7, 11) is 0. The van der Waals surface area contributed by atoms with Gasteiger partial charge in [0.1, 0.15) is 5.92 Å². The average molecular weight is 376 g/mol. The fraction of sp³-hybridized carbons (Fsp3) is 0.526. The van der Waals surface area contributed by atoms with Crippen LogP contribution in [0.4, 0.5) is 0 Å². The monoisotopic (exact) mass is 375 g/mol. The highest BCUT2D eigenvalue weighted by Crippen LogP contribution is 2.17. The Kier molecular flexibility index (Phi) is 6.21. The lowest BCUT2D eigenvalue weighted by molar-refractivity contribution is -0.930. The highest BCUT2D eigenvalue weighted by atomic mass is 32.1. The summed E-state index contributed by atoms with van der Waals surface area (Å²) >= 11 is 5.66. The molecule has 6 nitrogen and oxygen atoms in total. The summed E-state index contributed by atoms with van der Waals surface area (Å²) in [6, 6.07) is 10.1. The molecule has 1 unspecified atom stereocenters. The predicted molar refractivity (Wildman–Crippen MR) is 102 cm³/mol. The minimum absolute atomic E-state index is 0.0188. The number of hydrogen-bond donors (Lipinski definition) is 1. The Bertz CT molecular complexity index is 800. The zero-order valence-electron chi connectivity index (χ0n) is 15.5. The van der Waals surface area contributed by atoms with Gasteiger partial charge in [-0.1, -0.05) is 30.3 Å². The summed E-state index contributed by atoms with van der Waals surface area (Å²) in [6.07, 6.45) is 1.93. The molecule has 0 spiro atoms. The maximum absolute atomic E-state index is 12.1. The molecule has 0 amide bonds. The third-order valence-electron chi connectivity index (χ3n) is 4.88. The maximum Gasteiger partial charge on any atom is 0.314 e. The molecule has 2 heterocycles. The minimum Gasteiger partial charge on any atom is -0.466 e. The van der Waals surface area contributed by atoms with Gasteiger partial charge in [0.15, 0.2) is 12.5 Å². The van der Waals surface area contributed by atoms with Crippen molar-refractivity contribution in [3.63, 3.8) is 0 Å². The minimum atomic E-state index is -0.0719. The third kappa shape index (κ3) is 4.04. The van der Waals surface area contributed by atoms with Crippen molar-refractivity contribution in [1.82, 2.24) is 14.3 Å². The Labute approximate surface area is 159 Å². The van der Waals surface area contributed by atoms with E-state index in [1.807, 2.05) is 29.8 Å². The molecule has 1 aliphatic rings. The van der Waals surface area contributed by atoms with Crippen LogP contribution in [0, 0.1) is 10.7 Å². The number of piperidine rings is 1. The van der Waals surface area contributed by atoms with Gasteiger partial charge in [0.2, 0.25) is 4.77 Å². The van der Waals surface area contributed by atoms with Crippen LogP contribution in [0.3, 0.4) is 0 Å². The lowest BCUT2D eigenvalue weighted by Gasteiger charge is -2.28. The van der Waals surface area contributed by atoms with E-state index in [0.717, 1.165) is 48.6 Å².